The average Bonchev–Trinajstić information content (AvgIpc) is 3.35. The highest BCUT2D eigenvalue weighted by Gasteiger charge is 2.30. The molecule has 0 atom stereocenters. The molecule has 154 valence electrons. The van der Waals surface area contributed by atoms with Gasteiger partial charge in [-0.15, -0.1) is 0 Å². The molecule has 0 saturated carbocycles. The number of fused-ring (bicyclic) bond motifs is 1. The molecule has 4 aromatic rings. The number of aromatic amines is 1. The molecule has 2 aromatic heterocycles. The van der Waals surface area contributed by atoms with E-state index in [1.165, 1.54) is 23.3 Å². The van der Waals surface area contributed by atoms with Gasteiger partial charge in [-0.3, -0.25) is 4.79 Å². The van der Waals surface area contributed by atoms with E-state index >= 15 is 0 Å². The third-order valence-corrected chi connectivity index (χ3v) is 6.60. The number of hydrogen-bond acceptors (Lipinski definition) is 6. The molecule has 0 saturated heterocycles. The third-order valence-electron chi connectivity index (χ3n) is 4.52. The maximum Gasteiger partial charge on any atom is 0.237 e. The SMILES string of the molecule is NC(=O)CN(Cc1ccon1)c1[nH]c2ccc(Cl)cc2c1S(=O)(=O)c1ccccc1. The van der Waals surface area contributed by atoms with E-state index in [4.69, 9.17) is 21.9 Å². The molecule has 10 heteroatoms. The number of nitrogens with zero attached hydrogens (tertiary/aromatic N) is 2. The average molecular weight is 445 g/mol. The molecule has 0 spiro atoms. The van der Waals surface area contributed by atoms with Crippen LogP contribution in [0.15, 0.2) is 75.2 Å². The number of anilines is 1. The van der Waals surface area contributed by atoms with Crippen molar-refractivity contribution in [3.63, 3.8) is 0 Å². The minimum Gasteiger partial charge on any atom is -0.368 e. The van der Waals surface area contributed by atoms with Gasteiger partial charge in [-0.1, -0.05) is 35.0 Å². The number of primary amides is 1. The first-order valence-electron chi connectivity index (χ1n) is 8.90. The second kappa shape index (κ2) is 7.85. The molecule has 0 aliphatic heterocycles. The highest BCUT2D eigenvalue weighted by molar-refractivity contribution is 7.92. The zero-order valence-corrected chi connectivity index (χ0v) is 17.2. The quantitative estimate of drug-likeness (QED) is 0.451. The molecule has 8 nitrogen and oxygen atoms in total. The number of rotatable bonds is 7. The number of carbonyl (C=O) groups is 1. The second-order valence-corrected chi connectivity index (χ2v) is 8.95. The van der Waals surface area contributed by atoms with Crippen molar-refractivity contribution in [2.75, 3.05) is 11.4 Å². The number of halogens is 1. The number of benzene rings is 2. The first kappa shape index (κ1) is 20.0. The molecule has 0 aliphatic rings. The van der Waals surface area contributed by atoms with Crippen LogP contribution in [0.5, 0.6) is 0 Å². The van der Waals surface area contributed by atoms with Gasteiger partial charge in [-0.2, -0.15) is 0 Å². The van der Waals surface area contributed by atoms with Crippen molar-refractivity contribution < 1.29 is 17.7 Å². The van der Waals surface area contributed by atoms with E-state index in [-0.39, 0.29) is 28.7 Å². The minimum absolute atomic E-state index is 0.0101. The molecule has 4 rings (SSSR count). The summed E-state index contributed by atoms with van der Waals surface area (Å²) < 4.78 is 32.0. The van der Waals surface area contributed by atoms with Gasteiger partial charge in [-0.25, -0.2) is 8.42 Å². The maximum absolute atomic E-state index is 13.6. The number of nitrogens with two attached hydrogens (primary N) is 1. The number of aromatic nitrogens is 2. The summed E-state index contributed by atoms with van der Waals surface area (Å²) in [6.07, 6.45) is 1.39. The van der Waals surface area contributed by atoms with Crippen molar-refractivity contribution in [1.82, 2.24) is 10.1 Å². The molecule has 2 heterocycles. The number of H-pyrrole nitrogens is 1. The normalized spacial score (nSPS) is 11.6. The van der Waals surface area contributed by atoms with E-state index in [9.17, 15) is 13.2 Å². The van der Waals surface area contributed by atoms with Crippen LogP contribution in [0.25, 0.3) is 10.9 Å². The van der Waals surface area contributed by atoms with Crippen LogP contribution >= 0.6 is 11.6 Å². The van der Waals surface area contributed by atoms with E-state index in [0.717, 1.165) is 0 Å². The summed E-state index contributed by atoms with van der Waals surface area (Å²) in [5.74, 6) is -0.406. The summed E-state index contributed by atoms with van der Waals surface area (Å²) in [6, 6.07) is 14.6. The van der Waals surface area contributed by atoms with Crippen LogP contribution in [0.4, 0.5) is 5.82 Å². The molecular formula is C20H17ClN4O4S. The predicted molar refractivity (Wildman–Crippen MR) is 112 cm³/mol. The number of hydrogen-bond donors (Lipinski definition) is 2. The van der Waals surface area contributed by atoms with Gasteiger partial charge in [-0.05, 0) is 30.3 Å². The molecule has 30 heavy (non-hydrogen) atoms. The summed E-state index contributed by atoms with van der Waals surface area (Å²) in [5, 5.41) is 4.65. The van der Waals surface area contributed by atoms with E-state index in [0.29, 0.717) is 21.6 Å². The molecule has 0 bridgehead atoms. The van der Waals surface area contributed by atoms with E-state index in [1.807, 2.05) is 0 Å². The second-order valence-electron chi connectivity index (χ2n) is 6.62. The van der Waals surface area contributed by atoms with Gasteiger partial charge in [0.25, 0.3) is 0 Å². The Labute approximate surface area is 177 Å². The fourth-order valence-electron chi connectivity index (χ4n) is 3.25. The van der Waals surface area contributed by atoms with Gasteiger partial charge >= 0.3 is 0 Å². The fraction of sp³-hybridized carbons (Fsp3) is 0.100. The molecular weight excluding hydrogens is 428 g/mol. The zero-order valence-electron chi connectivity index (χ0n) is 15.6. The number of carbonyl (C=O) groups excluding carboxylic acids is 1. The van der Waals surface area contributed by atoms with E-state index < -0.39 is 15.7 Å². The smallest absolute Gasteiger partial charge is 0.237 e. The largest absolute Gasteiger partial charge is 0.368 e. The van der Waals surface area contributed by atoms with E-state index in [2.05, 4.69) is 10.1 Å². The Bertz CT molecular complexity index is 1300. The molecule has 0 radical (unpaired) electrons. The van der Waals surface area contributed by atoms with Gasteiger partial charge in [0, 0.05) is 22.0 Å². The molecule has 0 fully saturated rings. The van der Waals surface area contributed by atoms with Crippen LogP contribution < -0.4 is 10.6 Å². The van der Waals surface area contributed by atoms with Gasteiger partial charge in [0.05, 0.1) is 18.0 Å². The van der Waals surface area contributed by atoms with E-state index in [1.54, 1.807) is 42.5 Å². The van der Waals surface area contributed by atoms with Crippen molar-refractivity contribution in [2.45, 2.75) is 16.3 Å². The third kappa shape index (κ3) is 3.77. The highest BCUT2D eigenvalue weighted by atomic mass is 35.5. The first-order chi connectivity index (χ1) is 14.4. The Kier molecular flexibility index (Phi) is 5.23. The van der Waals surface area contributed by atoms with Crippen LogP contribution in [0, 0.1) is 0 Å². The van der Waals surface area contributed by atoms with Crippen LogP contribution in [-0.2, 0) is 21.2 Å². The minimum atomic E-state index is -3.96. The number of amides is 1. The zero-order chi connectivity index (χ0) is 21.3. The number of nitrogens with one attached hydrogen (secondary N) is 1. The van der Waals surface area contributed by atoms with Crippen LogP contribution in [0.2, 0.25) is 5.02 Å². The van der Waals surface area contributed by atoms with Crippen molar-refractivity contribution in [3.05, 3.63) is 71.6 Å². The monoisotopic (exact) mass is 444 g/mol. The Balaban J connectivity index is 1.96. The van der Waals surface area contributed by atoms with Crippen molar-refractivity contribution in [2.24, 2.45) is 5.73 Å². The summed E-state index contributed by atoms with van der Waals surface area (Å²) in [6.45, 7) is -0.123. The summed E-state index contributed by atoms with van der Waals surface area (Å²) >= 11 is 6.16. The first-order valence-corrected chi connectivity index (χ1v) is 10.8. The lowest BCUT2D eigenvalue weighted by atomic mass is 10.2. The Morgan fingerprint density at radius 1 is 1.17 bits per heavy atom. The molecule has 1 amide bonds. The van der Waals surface area contributed by atoms with Gasteiger partial charge < -0.3 is 20.1 Å². The highest BCUT2D eigenvalue weighted by Crippen LogP contribution is 2.38. The molecule has 2 aromatic carbocycles. The van der Waals surface area contributed by atoms with Crippen LogP contribution in [0.3, 0.4) is 0 Å². The summed E-state index contributed by atoms with van der Waals surface area (Å²) in [4.78, 5) is 16.5. The van der Waals surface area contributed by atoms with Crippen LogP contribution in [0.1, 0.15) is 5.69 Å². The summed E-state index contributed by atoms with van der Waals surface area (Å²) in [5.41, 5.74) is 6.50. The van der Waals surface area contributed by atoms with Crippen LogP contribution in [-0.4, -0.2) is 31.0 Å². The molecule has 0 aliphatic carbocycles. The van der Waals surface area contributed by atoms with Gasteiger partial charge in [0.1, 0.15) is 22.7 Å². The Morgan fingerprint density at radius 3 is 2.60 bits per heavy atom. The van der Waals surface area contributed by atoms with Gasteiger partial charge in [0.2, 0.25) is 15.7 Å². The lowest BCUT2D eigenvalue weighted by Crippen LogP contribution is -2.34. The maximum atomic E-state index is 13.6. The molecule has 0 unspecified atom stereocenters. The lowest BCUT2D eigenvalue weighted by Gasteiger charge is -2.22. The standard InChI is InChI=1S/C20H17ClN4O4S/c21-13-6-7-17-16(10-13)19(30(27,28)15-4-2-1-3-5-15)20(23-17)25(12-18(22)26)11-14-8-9-29-24-14/h1-10,23H,11-12H2,(H2,22,26). The van der Waals surface area contributed by atoms with Crippen molar-refractivity contribution in [3.8, 4) is 0 Å². The Morgan fingerprint density at radius 2 is 1.93 bits per heavy atom. The fourth-order valence-corrected chi connectivity index (χ4v) is 5.07. The molecule has 3 N–H and O–H groups in total. The topological polar surface area (TPSA) is 122 Å². The van der Waals surface area contributed by atoms with Crippen molar-refractivity contribution in [1.29, 1.82) is 0 Å². The van der Waals surface area contributed by atoms with Crippen molar-refractivity contribution >= 4 is 44.1 Å². The Hall–Kier alpha value is -3.30. The number of sulfone groups is 1. The van der Waals surface area contributed by atoms with Gasteiger partial charge in [0.15, 0.2) is 0 Å². The summed E-state index contributed by atoms with van der Waals surface area (Å²) in [7, 11) is -3.96. The lowest BCUT2D eigenvalue weighted by molar-refractivity contribution is -0.116. The predicted octanol–water partition coefficient (Wildman–Crippen LogP) is 3.13.